The van der Waals surface area contributed by atoms with Crippen molar-refractivity contribution in [3.05, 3.63) is 36.7 Å². The Hall–Kier alpha value is -3.03. The van der Waals surface area contributed by atoms with Crippen molar-refractivity contribution >= 4 is 17.7 Å². The van der Waals surface area contributed by atoms with E-state index in [1.54, 1.807) is 55.8 Å². The lowest BCUT2D eigenvalue weighted by molar-refractivity contribution is 0.171. The molecule has 1 aliphatic rings. The van der Waals surface area contributed by atoms with Gasteiger partial charge >= 0.3 is 6.03 Å². The molecule has 1 saturated heterocycles. The average molecular weight is 329 g/mol. The molecule has 2 heterocycles. The lowest BCUT2D eigenvalue weighted by Gasteiger charge is -2.39. The van der Waals surface area contributed by atoms with E-state index in [0.29, 0.717) is 36.2 Å². The SMILES string of the molecule is COc1cc(NC(=O)N2CC(Nc3ncccn3)C2)cc(OC)c1. The zero-order chi connectivity index (χ0) is 16.9. The number of urea groups is 1. The number of likely N-dealkylation sites (tertiary alicyclic amines) is 1. The van der Waals surface area contributed by atoms with Crippen LogP contribution in [-0.4, -0.2) is 54.2 Å². The van der Waals surface area contributed by atoms with Gasteiger partial charge in [0.1, 0.15) is 11.5 Å². The average Bonchev–Trinajstić information content (AvgIpc) is 2.58. The van der Waals surface area contributed by atoms with Crippen LogP contribution in [0.2, 0.25) is 0 Å². The molecule has 2 amide bonds. The monoisotopic (exact) mass is 329 g/mol. The predicted molar refractivity (Wildman–Crippen MR) is 89.6 cm³/mol. The molecule has 2 aromatic rings. The van der Waals surface area contributed by atoms with E-state index in [-0.39, 0.29) is 12.1 Å². The van der Waals surface area contributed by atoms with E-state index in [1.165, 1.54) is 0 Å². The highest BCUT2D eigenvalue weighted by Crippen LogP contribution is 2.26. The highest BCUT2D eigenvalue weighted by molar-refractivity contribution is 5.90. The molecule has 1 aromatic carbocycles. The molecule has 1 aromatic heterocycles. The van der Waals surface area contributed by atoms with Gasteiger partial charge in [-0.2, -0.15) is 0 Å². The number of nitrogens with zero attached hydrogens (tertiary/aromatic N) is 3. The summed E-state index contributed by atoms with van der Waals surface area (Å²) >= 11 is 0. The molecule has 1 aliphatic heterocycles. The molecule has 0 spiro atoms. The van der Waals surface area contributed by atoms with Crippen LogP contribution >= 0.6 is 0 Å². The van der Waals surface area contributed by atoms with Crippen LogP contribution in [-0.2, 0) is 0 Å². The Labute approximate surface area is 139 Å². The van der Waals surface area contributed by atoms with Crippen molar-refractivity contribution in [3.63, 3.8) is 0 Å². The Bertz CT molecular complexity index is 682. The molecule has 0 bridgehead atoms. The second kappa shape index (κ2) is 7.03. The Kier molecular flexibility index (Phi) is 4.64. The smallest absolute Gasteiger partial charge is 0.321 e. The van der Waals surface area contributed by atoms with Crippen LogP contribution < -0.4 is 20.1 Å². The first-order valence-corrected chi connectivity index (χ1v) is 7.50. The lowest BCUT2D eigenvalue weighted by Crippen LogP contribution is -2.58. The van der Waals surface area contributed by atoms with Crippen molar-refractivity contribution < 1.29 is 14.3 Å². The van der Waals surface area contributed by atoms with Gasteiger partial charge in [0.2, 0.25) is 5.95 Å². The van der Waals surface area contributed by atoms with Crippen LogP contribution in [0.5, 0.6) is 11.5 Å². The van der Waals surface area contributed by atoms with E-state index < -0.39 is 0 Å². The van der Waals surface area contributed by atoms with Crippen LogP contribution in [0.15, 0.2) is 36.7 Å². The highest BCUT2D eigenvalue weighted by Gasteiger charge is 2.31. The molecule has 8 nitrogen and oxygen atoms in total. The van der Waals surface area contributed by atoms with Gasteiger partial charge in [-0.05, 0) is 6.07 Å². The summed E-state index contributed by atoms with van der Waals surface area (Å²) in [6, 6.07) is 6.98. The molecule has 0 aliphatic carbocycles. The molecule has 126 valence electrons. The number of nitrogens with one attached hydrogen (secondary N) is 2. The third kappa shape index (κ3) is 3.65. The number of anilines is 2. The van der Waals surface area contributed by atoms with Crippen molar-refractivity contribution in [1.29, 1.82) is 0 Å². The van der Waals surface area contributed by atoms with Gasteiger partial charge in [-0.3, -0.25) is 0 Å². The van der Waals surface area contributed by atoms with E-state index in [2.05, 4.69) is 20.6 Å². The lowest BCUT2D eigenvalue weighted by atomic mass is 10.1. The maximum Gasteiger partial charge on any atom is 0.321 e. The Morgan fingerprint density at radius 2 is 1.75 bits per heavy atom. The minimum Gasteiger partial charge on any atom is -0.497 e. The van der Waals surface area contributed by atoms with Gasteiger partial charge in [-0.25, -0.2) is 14.8 Å². The molecule has 0 unspecified atom stereocenters. The van der Waals surface area contributed by atoms with Gasteiger partial charge < -0.3 is 25.0 Å². The predicted octanol–water partition coefficient (Wildman–Crippen LogP) is 1.82. The van der Waals surface area contributed by atoms with Crippen molar-refractivity contribution in [2.24, 2.45) is 0 Å². The minimum absolute atomic E-state index is 0.151. The Morgan fingerprint density at radius 3 is 2.33 bits per heavy atom. The number of amides is 2. The fourth-order valence-corrected chi connectivity index (χ4v) is 2.37. The third-order valence-electron chi connectivity index (χ3n) is 3.67. The molecule has 2 N–H and O–H groups in total. The van der Waals surface area contributed by atoms with Crippen LogP contribution in [0.4, 0.5) is 16.4 Å². The standard InChI is InChI=1S/C16H19N5O3/c1-23-13-6-11(7-14(8-13)24-2)20-16(22)21-9-12(10-21)19-15-17-4-3-5-18-15/h3-8,12H,9-10H2,1-2H3,(H,20,22)(H,17,18,19). The summed E-state index contributed by atoms with van der Waals surface area (Å²) in [6.07, 6.45) is 3.35. The molecule has 0 saturated carbocycles. The van der Waals surface area contributed by atoms with E-state index in [4.69, 9.17) is 9.47 Å². The zero-order valence-electron chi connectivity index (χ0n) is 13.5. The van der Waals surface area contributed by atoms with Gasteiger partial charge in [0.15, 0.2) is 0 Å². The molecule has 1 fully saturated rings. The molecular weight excluding hydrogens is 310 g/mol. The summed E-state index contributed by atoms with van der Waals surface area (Å²) in [5.74, 6) is 1.81. The van der Waals surface area contributed by atoms with Crippen LogP contribution in [0.3, 0.4) is 0 Å². The number of hydrogen-bond donors (Lipinski definition) is 2. The fourth-order valence-electron chi connectivity index (χ4n) is 2.37. The topological polar surface area (TPSA) is 88.6 Å². The van der Waals surface area contributed by atoms with Crippen LogP contribution in [0.1, 0.15) is 0 Å². The van der Waals surface area contributed by atoms with E-state index >= 15 is 0 Å². The number of carbonyl (C=O) groups excluding carboxylic acids is 1. The summed E-state index contributed by atoms with van der Waals surface area (Å²) in [5.41, 5.74) is 0.624. The normalized spacial score (nSPS) is 13.8. The van der Waals surface area contributed by atoms with E-state index in [1.807, 2.05) is 0 Å². The molecule has 8 heteroatoms. The molecule has 3 rings (SSSR count). The Morgan fingerprint density at radius 1 is 1.12 bits per heavy atom. The van der Waals surface area contributed by atoms with Crippen LogP contribution in [0, 0.1) is 0 Å². The van der Waals surface area contributed by atoms with E-state index in [9.17, 15) is 4.79 Å². The van der Waals surface area contributed by atoms with Crippen molar-refractivity contribution in [2.75, 3.05) is 37.9 Å². The molecule has 24 heavy (non-hydrogen) atoms. The molecule has 0 atom stereocenters. The first kappa shape index (κ1) is 15.9. The number of carbonyl (C=O) groups is 1. The summed E-state index contributed by atoms with van der Waals surface area (Å²) in [5, 5.41) is 6.03. The second-order valence-corrected chi connectivity index (χ2v) is 5.35. The van der Waals surface area contributed by atoms with Crippen LogP contribution in [0.25, 0.3) is 0 Å². The largest absolute Gasteiger partial charge is 0.497 e. The van der Waals surface area contributed by atoms with Crippen molar-refractivity contribution in [3.8, 4) is 11.5 Å². The Balaban J connectivity index is 1.53. The molecule has 0 radical (unpaired) electrons. The first-order valence-electron chi connectivity index (χ1n) is 7.50. The number of benzene rings is 1. The van der Waals surface area contributed by atoms with E-state index in [0.717, 1.165) is 0 Å². The zero-order valence-corrected chi connectivity index (χ0v) is 13.5. The summed E-state index contributed by atoms with van der Waals surface area (Å²) < 4.78 is 10.4. The first-order chi connectivity index (χ1) is 11.7. The van der Waals surface area contributed by atoms with Gasteiger partial charge in [0.25, 0.3) is 0 Å². The number of methoxy groups -OCH3 is 2. The number of rotatable bonds is 5. The van der Waals surface area contributed by atoms with Crippen molar-refractivity contribution in [1.82, 2.24) is 14.9 Å². The number of hydrogen-bond acceptors (Lipinski definition) is 6. The summed E-state index contributed by atoms with van der Waals surface area (Å²) in [4.78, 5) is 22.2. The summed E-state index contributed by atoms with van der Waals surface area (Å²) in [7, 11) is 3.13. The fraction of sp³-hybridized carbons (Fsp3) is 0.312. The second-order valence-electron chi connectivity index (χ2n) is 5.35. The molecular formula is C16H19N5O3. The summed E-state index contributed by atoms with van der Waals surface area (Å²) in [6.45, 7) is 1.18. The maximum atomic E-state index is 12.3. The van der Waals surface area contributed by atoms with Gasteiger partial charge in [0, 0.05) is 49.4 Å². The highest BCUT2D eigenvalue weighted by atomic mass is 16.5. The number of ether oxygens (including phenoxy) is 2. The van der Waals surface area contributed by atoms with Crippen molar-refractivity contribution in [2.45, 2.75) is 6.04 Å². The maximum absolute atomic E-state index is 12.3. The number of aromatic nitrogens is 2. The minimum atomic E-state index is -0.169. The quantitative estimate of drug-likeness (QED) is 0.870. The third-order valence-corrected chi connectivity index (χ3v) is 3.67. The van der Waals surface area contributed by atoms with Gasteiger partial charge in [-0.15, -0.1) is 0 Å². The van der Waals surface area contributed by atoms with Gasteiger partial charge in [-0.1, -0.05) is 0 Å². The van der Waals surface area contributed by atoms with Gasteiger partial charge in [0.05, 0.1) is 20.3 Å².